The van der Waals surface area contributed by atoms with E-state index in [9.17, 15) is 14.4 Å². The molecule has 0 aromatic heterocycles. The van der Waals surface area contributed by atoms with Gasteiger partial charge >= 0.3 is 6.03 Å². The van der Waals surface area contributed by atoms with E-state index in [1.807, 2.05) is 0 Å². The standard InChI is InChI=1S/C13H20N2O4/c1-12(2)9(16)14-11(18)15(10(12)17)8-13(4-5-13)6-7-19-3/h4-8H2,1-3H3,(H,14,16,18). The van der Waals surface area contributed by atoms with Crippen LogP contribution in [0.1, 0.15) is 33.1 Å². The Kier molecular flexibility index (Phi) is 3.38. The van der Waals surface area contributed by atoms with Gasteiger partial charge in [-0.15, -0.1) is 0 Å². The molecule has 0 spiro atoms. The minimum Gasteiger partial charge on any atom is -0.385 e. The summed E-state index contributed by atoms with van der Waals surface area (Å²) in [5.41, 5.74) is -1.19. The van der Waals surface area contributed by atoms with Gasteiger partial charge in [-0.05, 0) is 38.5 Å². The van der Waals surface area contributed by atoms with E-state index in [-0.39, 0.29) is 5.41 Å². The lowest BCUT2D eigenvalue weighted by Gasteiger charge is -2.36. The molecule has 6 heteroatoms. The lowest BCUT2D eigenvalue weighted by atomic mass is 9.88. The largest absolute Gasteiger partial charge is 0.385 e. The Balaban J connectivity index is 2.09. The van der Waals surface area contributed by atoms with Gasteiger partial charge in [-0.1, -0.05) is 0 Å². The normalized spacial score (nSPS) is 24.4. The van der Waals surface area contributed by atoms with E-state index in [2.05, 4.69) is 5.32 Å². The number of urea groups is 1. The second kappa shape index (κ2) is 4.59. The zero-order valence-corrected chi connectivity index (χ0v) is 11.6. The van der Waals surface area contributed by atoms with Gasteiger partial charge in [0.2, 0.25) is 11.8 Å². The molecule has 19 heavy (non-hydrogen) atoms. The van der Waals surface area contributed by atoms with Crippen LogP contribution in [-0.2, 0) is 14.3 Å². The van der Waals surface area contributed by atoms with Crippen molar-refractivity contribution in [2.24, 2.45) is 10.8 Å². The lowest BCUT2D eigenvalue weighted by Crippen LogP contribution is -2.62. The molecule has 0 radical (unpaired) electrons. The molecule has 106 valence electrons. The Morgan fingerprint density at radius 1 is 1.26 bits per heavy atom. The highest BCUT2D eigenvalue weighted by atomic mass is 16.5. The molecule has 1 aliphatic carbocycles. The number of imide groups is 2. The van der Waals surface area contributed by atoms with Crippen LogP contribution >= 0.6 is 0 Å². The van der Waals surface area contributed by atoms with E-state index >= 15 is 0 Å². The van der Waals surface area contributed by atoms with Crippen LogP contribution in [0.4, 0.5) is 4.79 Å². The van der Waals surface area contributed by atoms with E-state index in [0.29, 0.717) is 13.2 Å². The molecule has 2 fully saturated rings. The van der Waals surface area contributed by atoms with Crippen molar-refractivity contribution in [2.45, 2.75) is 33.1 Å². The van der Waals surface area contributed by atoms with Crippen molar-refractivity contribution >= 4 is 17.8 Å². The van der Waals surface area contributed by atoms with Gasteiger partial charge in [0.05, 0.1) is 0 Å². The molecule has 0 atom stereocenters. The molecule has 1 heterocycles. The molecular formula is C13H20N2O4. The first-order valence-electron chi connectivity index (χ1n) is 6.49. The van der Waals surface area contributed by atoms with E-state index in [4.69, 9.17) is 4.74 Å². The van der Waals surface area contributed by atoms with E-state index in [0.717, 1.165) is 19.3 Å². The Labute approximate surface area is 112 Å². The van der Waals surface area contributed by atoms with Crippen LogP contribution in [0.15, 0.2) is 0 Å². The van der Waals surface area contributed by atoms with Gasteiger partial charge in [-0.3, -0.25) is 19.8 Å². The summed E-state index contributed by atoms with van der Waals surface area (Å²) >= 11 is 0. The number of barbiturate groups is 1. The summed E-state index contributed by atoms with van der Waals surface area (Å²) in [5.74, 6) is -0.939. The number of hydrogen-bond donors (Lipinski definition) is 1. The molecule has 4 amide bonds. The predicted molar refractivity (Wildman–Crippen MR) is 67.2 cm³/mol. The summed E-state index contributed by atoms with van der Waals surface area (Å²) in [6.45, 7) is 4.07. The summed E-state index contributed by atoms with van der Waals surface area (Å²) in [7, 11) is 1.64. The highest BCUT2D eigenvalue weighted by molar-refractivity contribution is 6.18. The Morgan fingerprint density at radius 2 is 1.89 bits per heavy atom. The van der Waals surface area contributed by atoms with Gasteiger partial charge in [0.25, 0.3) is 0 Å². The maximum absolute atomic E-state index is 12.3. The Morgan fingerprint density at radius 3 is 2.42 bits per heavy atom. The quantitative estimate of drug-likeness (QED) is 0.752. The number of carbonyl (C=O) groups excluding carboxylic acids is 3. The maximum atomic E-state index is 12.3. The Bertz CT molecular complexity index is 426. The molecule has 0 aromatic rings. The zero-order valence-electron chi connectivity index (χ0n) is 11.6. The first-order valence-corrected chi connectivity index (χ1v) is 6.49. The molecule has 0 unspecified atom stereocenters. The van der Waals surface area contributed by atoms with Crippen molar-refractivity contribution in [1.29, 1.82) is 0 Å². The molecule has 1 aliphatic heterocycles. The smallest absolute Gasteiger partial charge is 0.330 e. The SMILES string of the molecule is COCCC1(CN2C(=O)NC(=O)C(C)(C)C2=O)CC1. The monoisotopic (exact) mass is 268 g/mol. The maximum Gasteiger partial charge on any atom is 0.330 e. The van der Waals surface area contributed by atoms with Crippen LogP contribution in [0, 0.1) is 10.8 Å². The van der Waals surface area contributed by atoms with Crippen LogP contribution in [0.2, 0.25) is 0 Å². The first-order chi connectivity index (χ1) is 8.82. The number of rotatable bonds is 5. The number of methoxy groups -OCH3 is 1. The second-order valence-electron chi connectivity index (χ2n) is 6.02. The van der Waals surface area contributed by atoms with Gasteiger partial charge in [0.15, 0.2) is 0 Å². The zero-order chi connectivity index (χ0) is 14.3. The van der Waals surface area contributed by atoms with Crippen LogP contribution in [0.3, 0.4) is 0 Å². The van der Waals surface area contributed by atoms with Crippen molar-refractivity contribution < 1.29 is 19.1 Å². The van der Waals surface area contributed by atoms with Crippen molar-refractivity contribution in [1.82, 2.24) is 10.2 Å². The summed E-state index contributed by atoms with van der Waals surface area (Å²) in [6, 6.07) is -0.599. The third kappa shape index (κ3) is 2.49. The van der Waals surface area contributed by atoms with Gasteiger partial charge in [0.1, 0.15) is 5.41 Å². The van der Waals surface area contributed by atoms with Crippen molar-refractivity contribution in [3.63, 3.8) is 0 Å². The highest BCUT2D eigenvalue weighted by Gasteiger charge is 2.52. The second-order valence-corrected chi connectivity index (χ2v) is 6.02. The summed E-state index contributed by atoms with van der Waals surface area (Å²) in [6.07, 6.45) is 2.80. The molecule has 2 aliphatic rings. The number of carbonyl (C=O) groups is 3. The lowest BCUT2D eigenvalue weighted by molar-refractivity contribution is -0.149. The minimum absolute atomic E-state index is 0.0144. The van der Waals surface area contributed by atoms with Crippen LogP contribution in [-0.4, -0.2) is 43.0 Å². The topological polar surface area (TPSA) is 75.7 Å². The molecule has 1 saturated carbocycles. The third-order valence-corrected chi connectivity index (χ3v) is 4.10. The van der Waals surface area contributed by atoms with Crippen molar-refractivity contribution in [2.75, 3.05) is 20.3 Å². The molecule has 6 nitrogen and oxygen atoms in total. The van der Waals surface area contributed by atoms with Crippen LogP contribution < -0.4 is 5.32 Å². The summed E-state index contributed by atoms with van der Waals surface area (Å²) < 4.78 is 5.06. The van der Waals surface area contributed by atoms with Gasteiger partial charge in [0, 0.05) is 20.3 Å². The molecule has 0 aromatic carbocycles. The van der Waals surface area contributed by atoms with Gasteiger partial charge < -0.3 is 4.74 Å². The van der Waals surface area contributed by atoms with E-state index in [1.165, 1.54) is 4.90 Å². The average molecular weight is 268 g/mol. The van der Waals surface area contributed by atoms with Crippen LogP contribution in [0.5, 0.6) is 0 Å². The van der Waals surface area contributed by atoms with Crippen LogP contribution in [0.25, 0.3) is 0 Å². The molecule has 2 rings (SSSR count). The fourth-order valence-electron chi connectivity index (χ4n) is 2.31. The van der Waals surface area contributed by atoms with Crippen molar-refractivity contribution in [3.05, 3.63) is 0 Å². The predicted octanol–water partition coefficient (Wildman–Crippen LogP) is 0.908. The fraction of sp³-hybridized carbons (Fsp3) is 0.769. The number of nitrogens with zero attached hydrogens (tertiary/aromatic N) is 1. The highest BCUT2D eigenvalue weighted by Crippen LogP contribution is 2.49. The van der Waals surface area contributed by atoms with Gasteiger partial charge in [-0.25, -0.2) is 4.79 Å². The number of nitrogens with one attached hydrogen (secondary N) is 1. The van der Waals surface area contributed by atoms with Crippen molar-refractivity contribution in [3.8, 4) is 0 Å². The molecule has 0 bridgehead atoms. The Hall–Kier alpha value is -1.43. The third-order valence-electron chi connectivity index (χ3n) is 4.10. The number of amides is 4. The number of ether oxygens (including phenoxy) is 1. The van der Waals surface area contributed by atoms with E-state index < -0.39 is 23.3 Å². The summed E-state index contributed by atoms with van der Waals surface area (Å²) in [5, 5.41) is 2.25. The van der Waals surface area contributed by atoms with E-state index in [1.54, 1.807) is 21.0 Å². The average Bonchev–Trinajstić information content (AvgIpc) is 3.11. The fourth-order valence-corrected chi connectivity index (χ4v) is 2.31. The number of hydrogen-bond acceptors (Lipinski definition) is 4. The van der Waals surface area contributed by atoms with Gasteiger partial charge in [-0.2, -0.15) is 0 Å². The first kappa shape index (κ1) is 14.0. The molecule has 1 saturated heterocycles. The molecule has 1 N–H and O–H groups in total. The summed E-state index contributed by atoms with van der Waals surface area (Å²) in [4.78, 5) is 36.9. The molecular weight excluding hydrogens is 248 g/mol. The minimum atomic E-state index is -1.18.